The minimum Gasteiger partial charge on any atom is -0.352 e. The number of aromatic nitrogens is 2. The zero-order chi connectivity index (χ0) is 13.2. The lowest BCUT2D eigenvalue weighted by Gasteiger charge is -2.24. The molecule has 5 nitrogen and oxygen atoms in total. The first-order valence-corrected chi connectivity index (χ1v) is 5.61. The van der Waals surface area contributed by atoms with Crippen molar-refractivity contribution in [3.63, 3.8) is 0 Å². The molecule has 0 aromatic carbocycles. The van der Waals surface area contributed by atoms with E-state index in [2.05, 4.69) is 20.6 Å². The van der Waals surface area contributed by atoms with E-state index < -0.39 is 17.4 Å². The molecule has 18 heavy (non-hydrogen) atoms. The summed E-state index contributed by atoms with van der Waals surface area (Å²) in [5, 5.41) is 5.92. The standard InChI is InChI=1S/C10H13F3N4O/c11-10(12,13)7-4-8(18)17-9(16-7)15-6-2-1-3-14-5-6/h4,6,14H,1-3,5H2,(H2,15,16,17,18). The monoisotopic (exact) mass is 262 g/mol. The Morgan fingerprint density at radius 1 is 1.44 bits per heavy atom. The largest absolute Gasteiger partial charge is 0.433 e. The van der Waals surface area contributed by atoms with Gasteiger partial charge in [0.15, 0.2) is 5.69 Å². The van der Waals surface area contributed by atoms with Gasteiger partial charge in [0.25, 0.3) is 5.56 Å². The van der Waals surface area contributed by atoms with Crippen LogP contribution in [-0.4, -0.2) is 29.1 Å². The third-order valence-corrected chi connectivity index (χ3v) is 2.67. The molecular formula is C10H13F3N4O. The highest BCUT2D eigenvalue weighted by molar-refractivity contribution is 5.28. The van der Waals surface area contributed by atoms with Gasteiger partial charge in [-0.05, 0) is 19.4 Å². The molecule has 1 aromatic rings. The number of anilines is 1. The van der Waals surface area contributed by atoms with Gasteiger partial charge in [0.2, 0.25) is 5.95 Å². The fourth-order valence-electron chi connectivity index (χ4n) is 1.84. The summed E-state index contributed by atoms with van der Waals surface area (Å²) in [5.41, 5.74) is -2.00. The van der Waals surface area contributed by atoms with Crippen LogP contribution in [0.25, 0.3) is 0 Å². The highest BCUT2D eigenvalue weighted by Crippen LogP contribution is 2.26. The van der Waals surface area contributed by atoms with Gasteiger partial charge in [-0.25, -0.2) is 4.98 Å². The average Bonchev–Trinajstić information content (AvgIpc) is 2.28. The van der Waals surface area contributed by atoms with Crippen molar-refractivity contribution in [2.75, 3.05) is 18.4 Å². The second-order valence-corrected chi connectivity index (χ2v) is 4.16. The number of aromatic amines is 1. The summed E-state index contributed by atoms with van der Waals surface area (Å²) in [6.07, 6.45) is -2.86. The van der Waals surface area contributed by atoms with Crippen molar-refractivity contribution < 1.29 is 13.2 Å². The number of nitrogens with one attached hydrogen (secondary N) is 3. The van der Waals surface area contributed by atoms with Crippen molar-refractivity contribution in [2.24, 2.45) is 0 Å². The molecule has 0 saturated carbocycles. The van der Waals surface area contributed by atoms with Crippen molar-refractivity contribution in [2.45, 2.75) is 25.1 Å². The normalized spacial score (nSPS) is 20.7. The minimum atomic E-state index is -4.62. The summed E-state index contributed by atoms with van der Waals surface area (Å²) < 4.78 is 37.4. The van der Waals surface area contributed by atoms with Crippen LogP contribution in [0.2, 0.25) is 0 Å². The van der Waals surface area contributed by atoms with Gasteiger partial charge >= 0.3 is 6.18 Å². The van der Waals surface area contributed by atoms with Crippen molar-refractivity contribution in [1.82, 2.24) is 15.3 Å². The van der Waals surface area contributed by atoms with Gasteiger partial charge in [-0.15, -0.1) is 0 Å². The number of nitrogens with zero attached hydrogens (tertiary/aromatic N) is 1. The molecule has 0 amide bonds. The van der Waals surface area contributed by atoms with E-state index in [1.807, 2.05) is 0 Å². The van der Waals surface area contributed by atoms with Crippen LogP contribution in [0, 0.1) is 0 Å². The number of hydrogen-bond acceptors (Lipinski definition) is 4. The smallest absolute Gasteiger partial charge is 0.352 e. The number of H-pyrrole nitrogens is 1. The lowest BCUT2D eigenvalue weighted by Crippen LogP contribution is -2.39. The zero-order valence-electron chi connectivity index (χ0n) is 9.47. The van der Waals surface area contributed by atoms with Gasteiger partial charge < -0.3 is 10.6 Å². The highest BCUT2D eigenvalue weighted by atomic mass is 19.4. The lowest BCUT2D eigenvalue weighted by molar-refractivity contribution is -0.141. The maximum atomic E-state index is 12.5. The van der Waals surface area contributed by atoms with Gasteiger partial charge in [0.1, 0.15) is 0 Å². The first-order chi connectivity index (χ1) is 8.45. The maximum Gasteiger partial charge on any atom is 0.433 e. The Labute approximate surface area is 101 Å². The third kappa shape index (κ3) is 3.22. The van der Waals surface area contributed by atoms with Crippen LogP contribution in [0.5, 0.6) is 0 Å². The van der Waals surface area contributed by atoms with Crippen molar-refractivity contribution in [3.05, 3.63) is 22.1 Å². The van der Waals surface area contributed by atoms with E-state index in [1.165, 1.54) is 0 Å². The highest BCUT2D eigenvalue weighted by Gasteiger charge is 2.33. The predicted octanol–water partition coefficient (Wildman–Crippen LogP) is 0.953. The summed E-state index contributed by atoms with van der Waals surface area (Å²) in [6.45, 7) is 1.53. The van der Waals surface area contributed by atoms with Crippen LogP contribution in [0.4, 0.5) is 19.1 Å². The Balaban J connectivity index is 2.17. The van der Waals surface area contributed by atoms with Crippen molar-refractivity contribution in [3.8, 4) is 0 Å². The first kappa shape index (κ1) is 12.9. The maximum absolute atomic E-state index is 12.5. The quantitative estimate of drug-likeness (QED) is 0.742. The molecule has 1 atom stereocenters. The molecule has 0 spiro atoms. The summed E-state index contributed by atoms with van der Waals surface area (Å²) >= 11 is 0. The van der Waals surface area contributed by atoms with Crippen LogP contribution >= 0.6 is 0 Å². The molecule has 0 aliphatic carbocycles. The van der Waals surface area contributed by atoms with Gasteiger partial charge in [-0.2, -0.15) is 13.2 Å². The molecule has 100 valence electrons. The molecule has 8 heteroatoms. The Kier molecular flexibility index (Phi) is 3.55. The second kappa shape index (κ2) is 4.97. The molecule has 1 aliphatic rings. The Bertz CT molecular complexity index is 465. The van der Waals surface area contributed by atoms with E-state index in [0.717, 1.165) is 19.4 Å². The van der Waals surface area contributed by atoms with Gasteiger partial charge in [0.05, 0.1) is 0 Å². The fraction of sp³-hybridized carbons (Fsp3) is 0.600. The number of rotatable bonds is 2. The Morgan fingerprint density at radius 3 is 2.83 bits per heavy atom. The van der Waals surface area contributed by atoms with Gasteiger partial charge in [-0.1, -0.05) is 0 Å². The molecule has 1 fully saturated rings. The van der Waals surface area contributed by atoms with E-state index in [9.17, 15) is 18.0 Å². The van der Waals surface area contributed by atoms with Crippen molar-refractivity contribution in [1.29, 1.82) is 0 Å². The van der Waals surface area contributed by atoms with E-state index in [1.54, 1.807) is 0 Å². The molecule has 1 aliphatic heterocycles. The summed E-state index contributed by atoms with van der Waals surface area (Å²) in [5.74, 6) is -0.136. The van der Waals surface area contributed by atoms with Crippen LogP contribution < -0.4 is 16.2 Å². The molecular weight excluding hydrogens is 249 g/mol. The summed E-state index contributed by atoms with van der Waals surface area (Å²) in [4.78, 5) is 16.8. The topological polar surface area (TPSA) is 69.8 Å². The number of piperidine rings is 1. The second-order valence-electron chi connectivity index (χ2n) is 4.16. The van der Waals surface area contributed by atoms with Crippen LogP contribution in [-0.2, 0) is 6.18 Å². The third-order valence-electron chi connectivity index (χ3n) is 2.67. The van der Waals surface area contributed by atoms with Crippen LogP contribution in [0.15, 0.2) is 10.9 Å². The summed E-state index contributed by atoms with van der Waals surface area (Å²) in [7, 11) is 0. The number of hydrogen-bond donors (Lipinski definition) is 3. The molecule has 2 heterocycles. The number of alkyl halides is 3. The first-order valence-electron chi connectivity index (χ1n) is 5.61. The minimum absolute atomic E-state index is 0.0228. The molecule has 0 radical (unpaired) electrons. The van der Waals surface area contributed by atoms with Gasteiger partial charge in [-0.3, -0.25) is 9.78 Å². The Hall–Kier alpha value is -1.57. The van der Waals surface area contributed by atoms with Crippen LogP contribution in [0.1, 0.15) is 18.5 Å². The van der Waals surface area contributed by atoms with Crippen LogP contribution in [0.3, 0.4) is 0 Å². The predicted molar refractivity (Wildman–Crippen MR) is 59.4 cm³/mol. The van der Waals surface area contributed by atoms with E-state index >= 15 is 0 Å². The lowest BCUT2D eigenvalue weighted by atomic mass is 10.1. The van der Waals surface area contributed by atoms with Crippen molar-refractivity contribution >= 4 is 5.95 Å². The van der Waals surface area contributed by atoms with E-state index in [4.69, 9.17) is 0 Å². The van der Waals surface area contributed by atoms with E-state index in [-0.39, 0.29) is 12.0 Å². The molecule has 0 bridgehead atoms. The molecule has 1 aromatic heterocycles. The fourth-order valence-corrected chi connectivity index (χ4v) is 1.84. The zero-order valence-corrected chi connectivity index (χ0v) is 9.47. The SMILES string of the molecule is O=c1cc(C(F)(F)F)nc(NC2CCCNC2)[nH]1. The average molecular weight is 262 g/mol. The number of halogens is 3. The molecule has 1 unspecified atom stereocenters. The molecule has 1 saturated heterocycles. The molecule has 2 rings (SSSR count). The molecule has 3 N–H and O–H groups in total. The summed E-state index contributed by atoms with van der Waals surface area (Å²) in [6, 6.07) is 0.426. The van der Waals surface area contributed by atoms with E-state index in [0.29, 0.717) is 12.6 Å². The van der Waals surface area contributed by atoms with Gasteiger partial charge in [0, 0.05) is 18.7 Å². The Morgan fingerprint density at radius 2 is 2.22 bits per heavy atom.